The molecular weight excluding hydrogens is 244 g/mol. The molecule has 2 aromatic carbocycles. The van der Waals surface area contributed by atoms with Gasteiger partial charge in [-0.25, -0.2) is 0 Å². The predicted octanol–water partition coefficient (Wildman–Crippen LogP) is 4.93. The van der Waals surface area contributed by atoms with Crippen molar-refractivity contribution in [1.29, 1.82) is 0 Å². The van der Waals surface area contributed by atoms with E-state index in [4.69, 9.17) is 0 Å². The highest BCUT2D eigenvalue weighted by Gasteiger charge is 2.12. The Bertz CT molecular complexity index is 925. The second-order valence-corrected chi connectivity index (χ2v) is 5.42. The maximum absolute atomic E-state index is 3.58. The highest BCUT2D eigenvalue weighted by atomic mass is 14.7. The molecule has 0 fully saturated rings. The second-order valence-electron chi connectivity index (χ2n) is 5.42. The van der Waals surface area contributed by atoms with Crippen molar-refractivity contribution in [2.24, 2.45) is 0 Å². The Hall–Kier alpha value is -2.48. The van der Waals surface area contributed by atoms with Gasteiger partial charge in [0.1, 0.15) is 0 Å². The summed E-state index contributed by atoms with van der Waals surface area (Å²) < 4.78 is 0. The molecule has 4 aromatic rings. The van der Waals surface area contributed by atoms with Gasteiger partial charge in [0.15, 0.2) is 0 Å². The monoisotopic (exact) mass is 260 g/mol. The topological polar surface area (TPSA) is 31.6 Å². The van der Waals surface area contributed by atoms with E-state index in [0.29, 0.717) is 0 Å². The molecule has 0 bridgehead atoms. The van der Waals surface area contributed by atoms with Crippen LogP contribution in [-0.2, 0) is 0 Å². The van der Waals surface area contributed by atoms with E-state index in [2.05, 4.69) is 66.3 Å². The molecule has 0 saturated heterocycles. The van der Waals surface area contributed by atoms with E-state index in [1.807, 2.05) is 6.20 Å². The molecule has 0 aliphatic rings. The van der Waals surface area contributed by atoms with Crippen LogP contribution in [0, 0.1) is 13.8 Å². The molecule has 0 unspecified atom stereocenters. The lowest BCUT2D eigenvalue weighted by Gasteiger charge is -2.02. The fraction of sp³-hybridized carbons (Fsp3) is 0.111. The minimum absolute atomic E-state index is 1.19. The normalized spacial score (nSPS) is 11.5. The third kappa shape index (κ3) is 1.51. The number of benzene rings is 2. The first kappa shape index (κ1) is 11.4. The number of hydrogen-bond donors (Lipinski definition) is 2. The summed E-state index contributed by atoms with van der Waals surface area (Å²) in [5.41, 5.74) is 7.43. The summed E-state index contributed by atoms with van der Waals surface area (Å²) in [7, 11) is 0. The van der Waals surface area contributed by atoms with Crippen LogP contribution in [0.5, 0.6) is 0 Å². The molecule has 20 heavy (non-hydrogen) atoms. The number of aromatic amines is 2. The fourth-order valence-electron chi connectivity index (χ4n) is 3.01. The zero-order valence-corrected chi connectivity index (χ0v) is 11.6. The molecule has 0 aliphatic carbocycles. The van der Waals surface area contributed by atoms with Crippen LogP contribution in [-0.4, -0.2) is 9.97 Å². The maximum Gasteiger partial charge on any atom is 0.0548 e. The quantitative estimate of drug-likeness (QED) is 0.486. The summed E-state index contributed by atoms with van der Waals surface area (Å²) >= 11 is 0. The Morgan fingerprint density at radius 3 is 2.75 bits per heavy atom. The van der Waals surface area contributed by atoms with E-state index in [0.717, 1.165) is 0 Å². The predicted molar refractivity (Wildman–Crippen MR) is 85.1 cm³/mol. The van der Waals surface area contributed by atoms with Crippen molar-refractivity contribution >= 4 is 21.8 Å². The van der Waals surface area contributed by atoms with Crippen molar-refractivity contribution in [2.75, 3.05) is 0 Å². The van der Waals surface area contributed by atoms with Crippen LogP contribution < -0.4 is 0 Å². The van der Waals surface area contributed by atoms with Crippen LogP contribution in [0.25, 0.3) is 33.1 Å². The van der Waals surface area contributed by atoms with Crippen LogP contribution >= 0.6 is 0 Å². The van der Waals surface area contributed by atoms with Crippen LogP contribution in [0.3, 0.4) is 0 Å². The minimum Gasteiger partial charge on any atom is -0.361 e. The SMILES string of the molecule is Cc1ccc2c(C)c(-c3cccc4cc[nH]c34)[nH]c2c1. The molecule has 0 radical (unpaired) electrons. The minimum atomic E-state index is 1.19. The molecule has 98 valence electrons. The van der Waals surface area contributed by atoms with Crippen molar-refractivity contribution in [2.45, 2.75) is 13.8 Å². The number of rotatable bonds is 1. The summed E-state index contributed by atoms with van der Waals surface area (Å²) in [5, 5.41) is 2.55. The third-order valence-electron chi connectivity index (χ3n) is 4.07. The lowest BCUT2D eigenvalue weighted by Crippen LogP contribution is -1.82. The Morgan fingerprint density at radius 2 is 1.85 bits per heavy atom. The van der Waals surface area contributed by atoms with Gasteiger partial charge < -0.3 is 9.97 Å². The Labute approximate surface area is 117 Å². The number of aromatic nitrogens is 2. The lowest BCUT2D eigenvalue weighted by atomic mass is 10.0. The van der Waals surface area contributed by atoms with Gasteiger partial charge in [0.2, 0.25) is 0 Å². The molecule has 0 saturated carbocycles. The van der Waals surface area contributed by atoms with Gasteiger partial charge in [-0.15, -0.1) is 0 Å². The average Bonchev–Trinajstić information content (AvgIpc) is 3.03. The van der Waals surface area contributed by atoms with Crippen molar-refractivity contribution in [3.8, 4) is 11.3 Å². The van der Waals surface area contributed by atoms with Gasteiger partial charge >= 0.3 is 0 Å². The number of nitrogens with one attached hydrogen (secondary N) is 2. The van der Waals surface area contributed by atoms with E-state index in [-0.39, 0.29) is 0 Å². The number of aryl methyl sites for hydroxylation is 2. The fourth-order valence-corrected chi connectivity index (χ4v) is 3.01. The van der Waals surface area contributed by atoms with Gasteiger partial charge in [0, 0.05) is 28.0 Å². The first-order chi connectivity index (χ1) is 9.74. The van der Waals surface area contributed by atoms with Crippen molar-refractivity contribution in [3.63, 3.8) is 0 Å². The molecule has 0 amide bonds. The van der Waals surface area contributed by atoms with Gasteiger partial charge in [0.05, 0.1) is 11.2 Å². The van der Waals surface area contributed by atoms with E-state index in [1.165, 1.54) is 44.2 Å². The van der Waals surface area contributed by atoms with Crippen LogP contribution in [0.4, 0.5) is 0 Å². The van der Waals surface area contributed by atoms with Gasteiger partial charge in [0.25, 0.3) is 0 Å². The molecule has 4 rings (SSSR count). The van der Waals surface area contributed by atoms with Crippen molar-refractivity contribution in [1.82, 2.24) is 9.97 Å². The summed E-state index contributed by atoms with van der Waals surface area (Å²) in [4.78, 5) is 6.93. The van der Waals surface area contributed by atoms with Crippen LogP contribution in [0.1, 0.15) is 11.1 Å². The molecule has 2 heterocycles. The largest absolute Gasteiger partial charge is 0.361 e. The third-order valence-corrected chi connectivity index (χ3v) is 4.07. The van der Waals surface area contributed by atoms with Crippen molar-refractivity contribution < 1.29 is 0 Å². The molecule has 0 atom stereocenters. The Balaban J connectivity index is 2.07. The van der Waals surface area contributed by atoms with E-state index >= 15 is 0 Å². The summed E-state index contributed by atoms with van der Waals surface area (Å²) in [6, 6.07) is 15.1. The lowest BCUT2D eigenvalue weighted by molar-refractivity contribution is 1.39. The van der Waals surface area contributed by atoms with Crippen LogP contribution in [0.2, 0.25) is 0 Å². The Kier molecular flexibility index (Phi) is 2.27. The first-order valence-corrected chi connectivity index (χ1v) is 6.89. The molecule has 0 aliphatic heterocycles. The molecule has 2 nitrogen and oxygen atoms in total. The zero-order valence-electron chi connectivity index (χ0n) is 11.6. The zero-order chi connectivity index (χ0) is 13.7. The van der Waals surface area contributed by atoms with Crippen molar-refractivity contribution in [3.05, 3.63) is 59.8 Å². The van der Waals surface area contributed by atoms with Crippen LogP contribution in [0.15, 0.2) is 48.7 Å². The van der Waals surface area contributed by atoms with E-state index in [9.17, 15) is 0 Å². The molecule has 2 aromatic heterocycles. The highest BCUT2D eigenvalue weighted by Crippen LogP contribution is 2.33. The van der Waals surface area contributed by atoms with E-state index < -0.39 is 0 Å². The smallest absolute Gasteiger partial charge is 0.0548 e. The number of fused-ring (bicyclic) bond motifs is 2. The van der Waals surface area contributed by atoms with Gasteiger partial charge in [-0.2, -0.15) is 0 Å². The maximum atomic E-state index is 3.58. The number of H-pyrrole nitrogens is 2. The Morgan fingerprint density at radius 1 is 0.950 bits per heavy atom. The molecule has 2 heteroatoms. The van der Waals surface area contributed by atoms with Gasteiger partial charge in [-0.1, -0.05) is 30.3 Å². The number of para-hydroxylation sites is 1. The summed E-state index contributed by atoms with van der Waals surface area (Å²) in [5.74, 6) is 0. The van der Waals surface area contributed by atoms with Gasteiger partial charge in [-0.3, -0.25) is 0 Å². The number of hydrogen-bond acceptors (Lipinski definition) is 0. The van der Waals surface area contributed by atoms with E-state index in [1.54, 1.807) is 0 Å². The highest BCUT2D eigenvalue weighted by molar-refractivity contribution is 5.99. The standard InChI is InChI=1S/C18H16N2/c1-11-6-7-14-12(2)17(20-16(14)10-11)15-5-3-4-13-8-9-19-18(13)15/h3-10,19-20H,1-2H3. The second kappa shape index (κ2) is 4.01. The summed E-state index contributed by atoms with van der Waals surface area (Å²) in [6.45, 7) is 4.31. The average molecular weight is 260 g/mol. The molecular formula is C18H16N2. The summed E-state index contributed by atoms with van der Waals surface area (Å²) in [6.07, 6.45) is 2.00. The first-order valence-electron chi connectivity index (χ1n) is 6.89. The molecule has 0 spiro atoms. The molecule has 2 N–H and O–H groups in total. The van der Waals surface area contributed by atoms with Gasteiger partial charge in [-0.05, 0) is 37.1 Å².